The summed E-state index contributed by atoms with van der Waals surface area (Å²) in [6.45, 7) is 1.30. The predicted octanol–water partition coefficient (Wildman–Crippen LogP) is 5.03. The van der Waals surface area contributed by atoms with Gasteiger partial charge in [0, 0.05) is 29.5 Å². The number of benzene rings is 2. The van der Waals surface area contributed by atoms with Crippen molar-refractivity contribution in [1.82, 2.24) is 19.9 Å². The Bertz CT molecular complexity index is 1820. The second kappa shape index (κ2) is 11.4. The minimum absolute atomic E-state index is 0.0581. The van der Waals surface area contributed by atoms with Gasteiger partial charge in [0.1, 0.15) is 28.2 Å². The number of fused-ring (bicyclic) bond motifs is 3. The molecule has 2 aliphatic rings. The smallest absolute Gasteiger partial charge is 0.297 e. The maximum atomic E-state index is 16.5. The molecule has 1 saturated carbocycles. The number of hydrogen-bond acceptors (Lipinski definition) is 8. The first kappa shape index (κ1) is 28.8. The second-order valence-electron chi connectivity index (χ2n) is 11.2. The van der Waals surface area contributed by atoms with Gasteiger partial charge in [-0.15, -0.1) is 6.42 Å². The first-order valence-electron chi connectivity index (χ1n) is 14.2. The van der Waals surface area contributed by atoms with E-state index in [-0.39, 0.29) is 57.2 Å². The van der Waals surface area contributed by atoms with Crippen LogP contribution in [-0.2, 0) is 4.74 Å². The lowest BCUT2D eigenvalue weighted by Gasteiger charge is -2.44. The van der Waals surface area contributed by atoms with Gasteiger partial charge in [-0.3, -0.25) is 9.78 Å². The zero-order valence-electron chi connectivity index (χ0n) is 24.3. The van der Waals surface area contributed by atoms with Crippen molar-refractivity contribution >= 4 is 21.7 Å². The number of nitrogens with zero attached hydrogens (tertiary/aromatic N) is 3. The van der Waals surface area contributed by atoms with Crippen molar-refractivity contribution in [3.05, 3.63) is 51.8 Å². The average Bonchev–Trinajstić information content (AvgIpc) is 3.45. The summed E-state index contributed by atoms with van der Waals surface area (Å²) in [5, 5.41) is 0.558. The molecule has 0 unspecified atom stereocenters. The van der Waals surface area contributed by atoms with Gasteiger partial charge >= 0.3 is 0 Å². The molecule has 3 heterocycles. The van der Waals surface area contributed by atoms with Crippen molar-refractivity contribution in [1.29, 1.82) is 0 Å². The van der Waals surface area contributed by atoms with Gasteiger partial charge in [-0.05, 0) is 62.9 Å². The fourth-order valence-electron chi connectivity index (χ4n) is 6.86. The van der Waals surface area contributed by atoms with Crippen LogP contribution in [0.1, 0.15) is 37.7 Å². The van der Waals surface area contributed by atoms with E-state index in [2.05, 4.69) is 32.8 Å². The summed E-state index contributed by atoms with van der Waals surface area (Å²) in [6.07, 6.45) is 11.0. The highest BCUT2D eigenvalue weighted by Crippen LogP contribution is 2.47. The highest BCUT2D eigenvalue weighted by atomic mass is 19.1. The fourth-order valence-corrected chi connectivity index (χ4v) is 6.86. The Balaban J connectivity index is 1.51. The molecule has 9 nitrogen and oxygen atoms in total. The summed E-state index contributed by atoms with van der Waals surface area (Å²) in [7, 11) is 4.91. The number of likely N-dealkylation sites (tertiary alicyclic amines) is 1. The summed E-state index contributed by atoms with van der Waals surface area (Å²) < 4.78 is 53.6. The molecule has 1 N–H and O–H groups in total. The zero-order valence-corrected chi connectivity index (χ0v) is 24.3. The van der Waals surface area contributed by atoms with Crippen molar-refractivity contribution in [3.8, 4) is 41.2 Å². The highest BCUT2D eigenvalue weighted by Gasteiger charge is 2.47. The SMILES string of the molecule is C#Cc1c(F)ccc2cc(OCOC)cc(-c3nc(OC)c4c(=O)[nH]c(OC[C@]56CCC[C@H]5N(C)CCC6)nc4c3F)c12. The number of nitrogens with one attached hydrogen (secondary N) is 1. The molecule has 2 atom stereocenters. The summed E-state index contributed by atoms with van der Waals surface area (Å²) in [6, 6.07) is 6.16. The first-order valence-corrected chi connectivity index (χ1v) is 14.2. The van der Waals surface area contributed by atoms with Crippen LogP contribution < -0.4 is 19.8 Å². The third kappa shape index (κ3) is 4.94. The molecule has 4 aromatic rings. The van der Waals surface area contributed by atoms with E-state index in [0.717, 1.165) is 38.6 Å². The maximum Gasteiger partial charge on any atom is 0.297 e. The van der Waals surface area contributed by atoms with E-state index in [0.29, 0.717) is 23.8 Å². The van der Waals surface area contributed by atoms with Gasteiger partial charge in [0.2, 0.25) is 5.88 Å². The van der Waals surface area contributed by atoms with Crippen LogP contribution in [0.5, 0.6) is 17.6 Å². The van der Waals surface area contributed by atoms with E-state index in [4.69, 9.17) is 25.4 Å². The van der Waals surface area contributed by atoms with Crippen molar-refractivity contribution in [2.75, 3.05) is 41.2 Å². The van der Waals surface area contributed by atoms with Crippen molar-refractivity contribution in [2.24, 2.45) is 5.41 Å². The minimum atomic E-state index is -0.918. The molecular weight excluding hydrogens is 558 g/mol. The molecule has 11 heteroatoms. The second-order valence-corrected chi connectivity index (χ2v) is 11.2. The lowest BCUT2D eigenvalue weighted by atomic mass is 9.76. The van der Waals surface area contributed by atoms with Crippen LogP contribution in [0.15, 0.2) is 29.1 Å². The Morgan fingerprint density at radius 3 is 2.72 bits per heavy atom. The number of methoxy groups -OCH3 is 2. The standard InChI is InChI=1S/C32H32F2N4O5/c1-5-20-22(33)10-9-18-14-19(43-17-40-3)15-21(24(18)20)27-26(34)28-25(30(35-27)41-4)29(39)37-31(36-28)42-16-32-11-6-8-23(32)38(2)13-7-12-32/h1,9-10,14-15,23H,6-8,11-13,16-17H2,2-4H3,(H,36,37,39)/t23-,32-/m1/s1. The van der Waals surface area contributed by atoms with Gasteiger partial charge in [-0.2, -0.15) is 4.98 Å². The normalized spacial score (nSPS) is 20.2. The molecule has 43 heavy (non-hydrogen) atoms. The lowest BCUT2D eigenvalue weighted by Crippen LogP contribution is -2.50. The summed E-state index contributed by atoms with van der Waals surface area (Å²) in [4.78, 5) is 27.0. The maximum absolute atomic E-state index is 16.5. The van der Waals surface area contributed by atoms with Gasteiger partial charge in [0.15, 0.2) is 12.6 Å². The number of piperidine rings is 1. The van der Waals surface area contributed by atoms with Gasteiger partial charge < -0.3 is 23.8 Å². The quantitative estimate of drug-likeness (QED) is 0.225. The summed E-state index contributed by atoms with van der Waals surface area (Å²) >= 11 is 0. The summed E-state index contributed by atoms with van der Waals surface area (Å²) in [5.41, 5.74) is -1.19. The van der Waals surface area contributed by atoms with Crippen molar-refractivity contribution in [2.45, 2.75) is 38.1 Å². The van der Waals surface area contributed by atoms with Crippen molar-refractivity contribution < 1.29 is 27.7 Å². The molecular formula is C32H32F2N4O5. The highest BCUT2D eigenvalue weighted by molar-refractivity contribution is 6.02. The van der Waals surface area contributed by atoms with E-state index in [1.807, 2.05) is 0 Å². The van der Waals surface area contributed by atoms with E-state index in [9.17, 15) is 9.18 Å². The number of terminal acetylenes is 1. The number of halogens is 2. The Kier molecular flexibility index (Phi) is 7.66. The number of aromatic nitrogens is 3. The van der Waals surface area contributed by atoms with Gasteiger partial charge in [-0.1, -0.05) is 18.4 Å². The van der Waals surface area contributed by atoms with Gasteiger partial charge in [-0.25, -0.2) is 13.8 Å². The largest absolute Gasteiger partial charge is 0.480 e. The average molecular weight is 591 g/mol. The Morgan fingerprint density at radius 1 is 1.14 bits per heavy atom. The fraction of sp³-hybridized carbons (Fsp3) is 0.406. The van der Waals surface area contributed by atoms with Gasteiger partial charge in [0.05, 0.1) is 19.3 Å². The van der Waals surface area contributed by atoms with Crippen LogP contribution >= 0.6 is 0 Å². The zero-order chi connectivity index (χ0) is 30.3. The molecule has 0 spiro atoms. The molecule has 1 saturated heterocycles. The molecule has 6 rings (SSSR count). The number of hydrogen-bond donors (Lipinski definition) is 1. The predicted molar refractivity (Wildman–Crippen MR) is 157 cm³/mol. The van der Waals surface area contributed by atoms with Crippen LogP contribution in [0.4, 0.5) is 8.78 Å². The Hall–Kier alpha value is -4.27. The monoisotopic (exact) mass is 590 g/mol. The summed E-state index contributed by atoms with van der Waals surface area (Å²) in [5.74, 6) is 0.943. The third-order valence-electron chi connectivity index (χ3n) is 8.79. The van der Waals surface area contributed by atoms with E-state index >= 15 is 4.39 Å². The molecule has 2 aromatic carbocycles. The van der Waals surface area contributed by atoms with Crippen LogP contribution in [0, 0.1) is 29.4 Å². The van der Waals surface area contributed by atoms with Crippen LogP contribution in [0.2, 0.25) is 0 Å². The number of aromatic amines is 1. The molecule has 1 aliphatic heterocycles. The van der Waals surface area contributed by atoms with Crippen LogP contribution in [0.25, 0.3) is 32.9 Å². The molecule has 0 amide bonds. The van der Waals surface area contributed by atoms with E-state index < -0.39 is 17.2 Å². The molecule has 224 valence electrons. The topological polar surface area (TPSA) is 98.8 Å². The number of rotatable bonds is 8. The number of ether oxygens (including phenoxy) is 4. The van der Waals surface area contributed by atoms with E-state index in [1.54, 1.807) is 6.07 Å². The Labute approximate surface area is 247 Å². The third-order valence-corrected chi connectivity index (χ3v) is 8.79. The first-order chi connectivity index (χ1) is 20.8. The lowest BCUT2D eigenvalue weighted by molar-refractivity contribution is 0.0132. The van der Waals surface area contributed by atoms with Crippen LogP contribution in [0.3, 0.4) is 0 Å². The molecule has 2 fully saturated rings. The number of pyridine rings is 1. The van der Waals surface area contributed by atoms with Gasteiger partial charge in [0.25, 0.3) is 11.6 Å². The van der Waals surface area contributed by atoms with E-state index in [1.165, 1.54) is 32.4 Å². The van der Waals surface area contributed by atoms with Crippen molar-refractivity contribution in [3.63, 3.8) is 0 Å². The minimum Gasteiger partial charge on any atom is -0.480 e. The van der Waals surface area contributed by atoms with Crippen LogP contribution in [-0.4, -0.2) is 67.1 Å². The molecule has 0 radical (unpaired) electrons. The molecule has 0 bridgehead atoms. The molecule has 1 aliphatic carbocycles. The Morgan fingerprint density at radius 2 is 1.95 bits per heavy atom. The number of H-pyrrole nitrogens is 1. The molecule has 2 aromatic heterocycles.